The highest BCUT2D eigenvalue weighted by molar-refractivity contribution is 9.10. The number of fused-ring (bicyclic) bond motifs is 1. The van der Waals surface area contributed by atoms with Crippen LogP contribution in [0.2, 0.25) is 0 Å². The predicted molar refractivity (Wildman–Crippen MR) is 78.2 cm³/mol. The van der Waals surface area contributed by atoms with Crippen molar-refractivity contribution in [1.29, 1.82) is 0 Å². The van der Waals surface area contributed by atoms with E-state index in [1.807, 2.05) is 0 Å². The summed E-state index contributed by atoms with van der Waals surface area (Å²) in [6.07, 6.45) is -4.46. The van der Waals surface area contributed by atoms with Crippen molar-refractivity contribution in [1.82, 2.24) is 0 Å². The van der Waals surface area contributed by atoms with Gasteiger partial charge in [-0.15, -0.1) is 0 Å². The molecule has 3 rings (SSSR count). The highest BCUT2D eigenvalue weighted by atomic mass is 79.9. The Balaban J connectivity index is 2.10. The minimum atomic E-state index is -4.46. The molecule has 0 saturated heterocycles. The molecule has 3 nitrogen and oxygen atoms in total. The minimum Gasteiger partial charge on any atom is -0.482 e. The largest absolute Gasteiger partial charge is 0.482 e. The monoisotopic (exact) mass is 371 g/mol. The van der Waals surface area contributed by atoms with Crippen LogP contribution in [0.5, 0.6) is 5.75 Å². The van der Waals surface area contributed by atoms with Crippen LogP contribution in [0.1, 0.15) is 5.56 Å². The molecular weight excluding hydrogens is 363 g/mol. The van der Waals surface area contributed by atoms with Gasteiger partial charge < -0.3 is 4.74 Å². The molecule has 114 valence electrons. The number of benzene rings is 2. The van der Waals surface area contributed by atoms with Crippen LogP contribution in [0.25, 0.3) is 0 Å². The van der Waals surface area contributed by atoms with Crippen LogP contribution < -0.4 is 9.64 Å². The second-order valence-corrected chi connectivity index (χ2v) is 5.59. The topological polar surface area (TPSA) is 29.5 Å². The van der Waals surface area contributed by atoms with Crippen LogP contribution in [0.4, 0.5) is 24.5 Å². The minimum absolute atomic E-state index is 0.0365. The highest BCUT2D eigenvalue weighted by Crippen LogP contribution is 2.41. The van der Waals surface area contributed by atoms with Gasteiger partial charge in [0.15, 0.2) is 6.61 Å². The van der Waals surface area contributed by atoms with Crippen molar-refractivity contribution in [2.45, 2.75) is 6.18 Å². The lowest BCUT2D eigenvalue weighted by Gasteiger charge is -2.30. The summed E-state index contributed by atoms with van der Waals surface area (Å²) in [5, 5.41) is 0. The van der Waals surface area contributed by atoms with E-state index in [0.29, 0.717) is 11.4 Å². The van der Waals surface area contributed by atoms with Crippen molar-refractivity contribution in [3.8, 4) is 5.75 Å². The Hall–Kier alpha value is -2.02. The quantitative estimate of drug-likeness (QED) is 0.737. The molecule has 0 radical (unpaired) electrons. The number of ether oxygens (including phenoxy) is 1. The number of carbonyl (C=O) groups is 1. The summed E-state index contributed by atoms with van der Waals surface area (Å²) in [5.41, 5.74) is 0.0424. The normalized spacial score (nSPS) is 14.5. The molecule has 1 aliphatic heterocycles. The van der Waals surface area contributed by atoms with Gasteiger partial charge in [-0.2, -0.15) is 13.2 Å². The fourth-order valence-corrected chi connectivity index (χ4v) is 2.61. The number of alkyl halides is 3. The zero-order chi connectivity index (χ0) is 15.9. The molecule has 0 aromatic heterocycles. The third-order valence-electron chi connectivity index (χ3n) is 3.19. The Bertz CT molecular complexity index is 746. The lowest BCUT2D eigenvalue weighted by atomic mass is 10.1. The maximum absolute atomic E-state index is 12.8. The van der Waals surface area contributed by atoms with Crippen molar-refractivity contribution >= 4 is 33.2 Å². The number of anilines is 2. The van der Waals surface area contributed by atoms with Gasteiger partial charge >= 0.3 is 6.18 Å². The molecule has 0 atom stereocenters. The summed E-state index contributed by atoms with van der Waals surface area (Å²) in [6, 6.07) is 10.0. The Morgan fingerprint density at radius 2 is 1.91 bits per heavy atom. The number of carbonyl (C=O) groups excluding carboxylic acids is 1. The maximum atomic E-state index is 12.8. The fraction of sp³-hybridized carbons (Fsp3) is 0.133. The third kappa shape index (κ3) is 2.68. The van der Waals surface area contributed by atoms with Crippen LogP contribution in [0.3, 0.4) is 0 Å². The van der Waals surface area contributed by atoms with Crippen LogP contribution >= 0.6 is 15.9 Å². The molecule has 0 unspecified atom stereocenters. The number of rotatable bonds is 1. The molecule has 0 fully saturated rings. The van der Waals surface area contributed by atoms with E-state index in [1.165, 1.54) is 11.0 Å². The molecule has 7 heteroatoms. The zero-order valence-electron chi connectivity index (χ0n) is 11.0. The number of hydrogen-bond acceptors (Lipinski definition) is 2. The summed E-state index contributed by atoms with van der Waals surface area (Å²) in [7, 11) is 0. The molecule has 1 aliphatic rings. The average molecular weight is 372 g/mol. The second-order valence-electron chi connectivity index (χ2n) is 4.68. The van der Waals surface area contributed by atoms with Gasteiger partial charge in [-0.05, 0) is 36.4 Å². The molecule has 2 aromatic carbocycles. The Morgan fingerprint density at radius 1 is 1.14 bits per heavy atom. The summed E-state index contributed by atoms with van der Waals surface area (Å²) >= 11 is 3.31. The first-order valence-corrected chi connectivity index (χ1v) is 7.08. The van der Waals surface area contributed by atoms with Crippen LogP contribution in [0.15, 0.2) is 46.9 Å². The first-order chi connectivity index (χ1) is 10.4. The van der Waals surface area contributed by atoms with Gasteiger partial charge in [0.2, 0.25) is 0 Å². The molecule has 22 heavy (non-hydrogen) atoms. The molecule has 1 amide bonds. The maximum Gasteiger partial charge on any atom is 0.416 e. The van der Waals surface area contributed by atoms with Gasteiger partial charge in [-0.3, -0.25) is 9.69 Å². The zero-order valence-corrected chi connectivity index (χ0v) is 12.6. The van der Waals surface area contributed by atoms with E-state index in [1.54, 1.807) is 24.3 Å². The average Bonchev–Trinajstić information content (AvgIpc) is 2.45. The van der Waals surface area contributed by atoms with Gasteiger partial charge in [0.25, 0.3) is 5.91 Å². The smallest absolute Gasteiger partial charge is 0.416 e. The van der Waals surface area contributed by atoms with E-state index < -0.39 is 11.7 Å². The van der Waals surface area contributed by atoms with E-state index >= 15 is 0 Å². The number of nitrogens with zero attached hydrogens (tertiary/aromatic N) is 1. The lowest BCUT2D eigenvalue weighted by molar-refractivity contribution is -0.137. The lowest BCUT2D eigenvalue weighted by Crippen LogP contribution is -2.35. The molecule has 0 N–H and O–H groups in total. The first kappa shape index (κ1) is 14.9. The Labute approximate surface area is 132 Å². The second kappa shape index (κ2) is 5.31. The van der Waals surface area contributed by atoms with Gasteiger partial charge in [-0.25, -0.2) is 0 Å². The van der Waals surface area contributed by atoms with Crippen LogP contribution in [0, 0.1) is 0 Å². The van der Waals surface area contributed by atoms with Crippen LogP contribution in [-0.4, -0.2) is 12.5 Å². The van der Waals surface area contributed by atoms with Gasteiger partial charge in [-0.1, -0.05) is 22.0 Å². The molecule has 2 aromatic rings. The summed E-state index contributed by atoms with van der Waals surface area (Å²) in [6.45, 7) is -0.305. The van der Waals surface area contributed by atoms with Gasteiger partial charge in [0.05, 0.1) is 16.9 Å². The molecule has 1 heterocycles. The van der Waals surface area contributed by atoms with Crippen molar-refractivity contribution in [2.75, 3.05) is 11.5 Å². The van der Waals surface area contributed by atoms with Crippen LogP contribution in [-0.2, 0) is 11.0 Å². The standard InChI is InChI=1S/C15H9BrF3NO2/c16-10-2-1-3-11(7-10)20-12-5-4-9(15(17,18)19)6-13(12)22-8-14(20)21/h1-7H,8H2. The van der Waals surface area contributed by atoms with E-state index in [2.05, 4.69) is 15.9 Å². The SMILES string of the molecule is O=C1COc2cc(C(F)(F)F)ccc2N1c1cccc(Br)c1. The van der Waals surface area contributed by atoms with Crippen molar-refractivity contribution in [3.63, 3.8) is 0 Å². The van der Waals surface area contributed by atoms with Crippen molar-refractivity contribution in [2.24, 2.45) is 0 Å². The number of halogens is 4. The summed E-state index contributed by atoms with van der Waals surface area (Å²) < 4.78 is 44.2. The van der Waals surface area contributed by atoms with E-state index in [0.717, 1.165) is 16.6 Å². The number of hydrogen-bond donors (Lipinski definition) is 0. The van der Waals surface area contributed by atoms with E-state index in [-0.39, 0.29) is 18.3 Å². The third-order valence-corrected chi connectivity index (χ3v) is 3.69. The molecule has 0 aliphatic carbocycles. The van der Waals surface area contributed by atoms with E-state index in [9.17, 15) is 18.0 Å². The molecule has 0 spiro atoms. The predicted octanol–water partition coefficient (Wildman–Crippen LogP) is 4.53. The molecule has 0 bridgehead atoms. The first-order valence-electron chi connectivity index (χ1n) is 6.29. The Kier molecular flexibility index (Phi) is 3.60. The van der Waals surface area contributed by atoms with Gasteiger partial charge in [0.1, 0.15) is 5.75 Å². The Morgan fingerprint density at radius 3 is 2.59 bits per heavy atom. The van der Waals surface area contributed by atoms with Crippen molar-refractivity contribution in [3.05, 3.63) is 52.5 Å². The summed E-state index contributed by atoms with van der Waals surface area (Å²) in [4.78, 5) is 13.5. The molecule has 0 saturated carbocycles. The fourth-order valence-electron chi connectivity index (χ4n) is 2.23. The van der Waals surface area contributed by atoms with Gasteiger partial charge in [0, 0.05) is 4.47 Å². The van der Waals surface area contributed by atoms with E-state index in [4.69, 9.17) is 4.74 Å². The highest BCUT2D eigenvalue weighted by Gasteiger charge is 2.34. The van der Waals surface area contributed by atoms with Crippen molar-refractivity contribution < 1.29 is 22.7 Å². The molecular formula is C15H9BrF3NO2. The number of amides is 1. The summed E-state index contributed by atoms with van der Waals surface area (Å²) in [5.74, 6) is -0.306.